The van der Waals surface area contributed by atoms with E-state index in [1.54, 1.807) is 4.90 Å². The van der Waals surface area contributed by atoms with Crippen molar-refractivity contribution in [2.24, 2.45) is 0 Å². The highest BCUT2D eigenvalue weighted by atomic mass is 16.5. The monoisotopic (exact) mass is 411 g/mol. The molecule has 2 fully saturated rings. The molecular formula is C25H37N3O2+2. The zero-order valence-corrected chi connectivity index (χ0v) is 18.8. The second-order valence-electron chi connectivity index (χ2n) is 9.23. The summed E-state index contributed by atoms with van der Waals surface area (Å²) in [6.07, 6.45) is 2.57. The van der Waals surface area contributed by atoms with Gasteiger partial charge in [-0.25, -0.2) is 0 Å². The summed E-state index contributed by atoms with van der Waals surface area (Å²) in [7, 11) is 0. The van der Waals surface area contributed by atoms with Gasteiger partial charge in [-0.05, 0) is 45.2 Å². The number of Topliss-reactive ketones (excluding diaryl/α,β-unsaturated/α-hetero) is 1. The summed E-state index contributed by atoms with van der Waals surface area (Å²) in [5, 5.41) is 0. The van der Waals surface area contributed by atoms with Gasteiger partial charge in [0.2, 0.25) is 5.78 Å². The van der Waals surface area contributed by atoms with E-state index in [0.717, 1.165) is 70.0 Å². The first-order valence-electron chi connectivity index (χ1n) is 11.5. The summed E-state index contributed by atoms with van der Waals surface area (Å²) < 4.78 is 8.09. The maximum absolute atomic E-state index is 13.1. The van der Waals surface area contributed by atoms with Crippen LogP contribution in [0.2, 0.25) is 0 Å². The van der Waals surface area contributed by atoms with Gasteiger partial charge in [0.1, 0.15) is 39.3 Å². The van der Waals surface area contributed by atoms with E-state index in [1.165, 1.54) is 21.7 Å². The highest BCUT2D eigenvalue weighted by Crippen LogP contribution is 2.20. The van der Waals surface area contributed by atoms with Crippen molar-refractivity contribution in [2.45, 2.75) is 52.8 Å². The lowest BCUT2D eigenvalue weighted by Crippen LogP contribution is -3.27. The minimum atomic E-state index is 0.291. The third-order valence-electron chi connectivity index (χ3n) is 7.06. The molecule has 0 amide bonds. The van der Waals surface area contributed by atoms with Crippen LogP contribution in [0.4, 0.5) is 0 Å². The Morgan fingerprint density at radius 2 is 1.83 bits per heavy atom. The normalized spacial score (nSPS) is 24.3. The smallest absolute Gasteiger partial charge is 0.218 e. The summed E-state index contributed by atoms with van der Waals surface area (Å²) >= 11 is 0. The van der Waals surface area contributed by atoms with E-state index in [0.29, 0.717) is 18.4 Å². The number of aromatic nitrogens is 1. The van der Waals surface area contributed by atoms with Crippen molar-refractivity contribution in [1.82, 2.24) is 4.57 Å². The molecule has 4 rings (SSSR count). The van der Waals surface area contributed by atoms with Crippen LogP contribution in [0.5, 0.6) is 0 Å². The number of rotatable bonds is 7. The predicted octanol–water partition coefficient (Wildman–Crippen LogP) is 0.759. The van der Waals surface area contributed by atoms with Crippen molar-refractivity contribution in [2.75, 3.05) is 39.3 Å². The lowest BCUT2D eigenvalue weighted by Gasteiger charge is -2.29. The van der Waals surface area contributed by atoms with E-state index in [1.807, 2.05) is 0 Å². The first-order valence-corrected chi connectivity index (χ1v) is 11.5. The van der Waals surface area contributed by atoms with Gasteiger partial charge in [-0.1, -0.05) is 24.3 Å². The Balaban J connectivity index is 1.31. The molecule has 0 saturated carbocycles. The number of piperazine rings is 1. The van der Waals surface area contributed by atoms with Gasteiger partial charge in [0.05, 0.1) is 6.10 Å². The van der Waals surface area contributed by atoms with Crippen molar-refractivity contribution >= 4 is 5.78 Å². The van der Waals surface area contributed by atoms with Crippen molar-refractivity contribution in [1.29, 1.82) is 0 Å². The molecule has 0 spiro atoms. The summed E-state index contributed by atoms with van der Waals surface area (Å²) in [5.74, 6) is 0.291. The molecule has 2 saturated heterocycles. The molecule has 3 heterocycles. The summed E-state index contributed by atoms with van der Waals surface area (Å²) in [5.41, 5.74) is 6.02. The number of carbonyl (C=O) groups is 1. The van der Waals surface area contributed by atoms with Gasteiger partial charge in [0.15, 0.2) is 0 Å². The topological polar surface area (TPSA) is 40.1 Å². The zero-order valence-electron chi connectivity index (χ0n) is 18.8. The molecule has 0 radical (unpaired) electrons. The maximum Gasteiger partial charge on any atom is 0.218 e. The van der Waals surface area contributed by atoms with Crippen LogP contribution in [-0.4, -0.2) is 55.8 Å². The van der Waals surface area contributed by atoms with Gasteiger partial charge < -0.3 is 19.1 Å². The van der Waals surface area contributed by atoms with Crippen LogP contribution in [0.3, 0.4) is 0 Å². The van der Waals surface area contributed by atoms with Gasteiger partial charge in [0, 0.05) is 35.7 Å². The Labute approximate surface area is 180 Å². The summed E-state index contributed by atoms with van der Waals surface area (Å²) in [4.78, 5) is 16.1. The second-order valence-corrected chi connectivity index (χ2v) is 9.23. The fraction of sp³-hybridized carbons (Fsp3) is 0.560. The Morgan fingerprint density at radius 3 is 2.53 bits per heavy atom. The van der Waals surface area contributed by atoms with Crippen LogP contribution >= 0.6 is 0 Å². The second kappa shape index (κ2) is 9.46. The minimum Gasteiger partial charge on any atom is -0.376 e. The Kier molecular flexibility index (Phi) is 6.71. The van der Waals surface area contributed by atoms with E-state index in [-0.39, 0.29) is 0 Å². The first kappa shape index (κ1) is 21.3. The highest BCUT2D eigenvalue weighted by molar-refractivity contribution is 5.98. The van der Waals surface area contributed by atoms with E-state index in [9.17, 15) is 4.79 Å². The average Bonchev–Trinajstić information content (AvgIpc) is 3.35. The van der Waals surface area contributed by atoms with Crippen molar-refractivity contribution in [3.05, 3.63) is 58.4 Å². The number of carbonyl (C=O) groups excluding carboxylic acids is 1. The summed E-state index contributed by atoms with van der Waals surface area (Å²) in [6.45, 7) is 14.3. The van der Waals surface area contributed by atoms with Crippen molar-refractivity contribution in [3.8, 4) is 0 Å². The van der Waals surface area contributed by atoms with Crippen LogP contribution in [0.1, 0.15) is 45.7 Å². The molecule has 2 aromatic rings. The van der Waals surface area contributed by atoms with Crippen LogP contribution in [-0.2, 0) is 17.8 Å². The quantitative estimate of drug-likeness (QED) is 0.661. The van der Waals surface area contributed by atoms with Crippen LogP contribution in [0, 0.1) is 20.8 Å². The lowest BCUT2D eigenvalue weighted by molar-refractivity contribution is -1.01. The fourth-order valence-corrected chi connectivity index (χ4v) is 5.07. The van der Waals surface area contributed by atoms with Gasteiger partial charge >= 0.3 is 0 Å². The van der Waals surface area contributed by atoms with Crippen molar-refractivity contribution in [3.63, 3.8) is 0 Å². The molecule has 5 nitrogen and oxygen atoms in total. The third-order valence-corrected chi connectivity index (χ3v) is 7.06. The molecular weight excluding hydrogens is 374 g/mol. The number of hydrogen-bond donors (Lipinski definition) is 2. The SMILES string of the molecule is Cc1ccccc1C[NH+]1CC[NH+](CC(=O)c2cc(C)n(C[C@H]3CCCO3)c2C)CC1. The summed E-state index contributed by atoms with van der Waals surface area (Å²) in [6, 6.07) is 10.8. The van der Waals surface area contributed by atoms with E-state index in [2.05, 4.69) is 55.7 Å². The molecule has 30 heavy (non-hydrogen) atoms. The number of nitrogens with zero attached hydrogens (tertiary/aromatic N) is 1. The lowest BCUT2D eigenvalue weighted by atomic mass is 10.1. The van der Waals surface area contributed by atoms with Crippen LogP contribution in [0.15, 0.2) is 30.3 Å². The zero-order chi connectivity index (χ0) is 21.1. The molecule has 162 valence electrons. The number of quaternary nitrogens is 2. The number of ketones is 1. The number of hydrogen-bond acceptors (Lipinski definition) is 2. The molecule has 2 N–H and O–H groups in total. The number of aryl methyl sites for hydroxylation is 2. The molecule has 0 aliphatic carbocycles. The molecule has 1 aromatic carbocycles. The predicted molar refractivity (Wildman–Crippen MR) is 118 cm³/mol. The highest BCUT2D eigenvalue weighted by Gasteiger charge is 2.27. The van der Waals surface area contributed by atoms with E-state index < -0.39 is 0 Å². The molecule has 1 aromatic heterocycles. The Morgan fingerprint density at radius 1 is 1.10 bits per heavy atom. The van der Waals surface area contributed by atoms with E-state index >= 15 is 0 Å². The Bertz CT molecular complexity index is 875. The van der Waals surface area contributed by atoms with Crippen LogP contribution < -0.4 is 9.80 Å². The largest absolute Gasteiger partial charge is 0.376 e. The number of benzene rings is 1. The van der Waals surface area contributed by atoms with Crippen molar-refractivity contribution < 1.29 is 19.3 Å². The van der Waals surface area contributed by atoms with E-state index in [4.69, 9.17) is 4.74 Å². The average molecular weight is 412 g/mol. The van der Waals surface area contributed by atoms with Gasteiger partial charge in [-0.15, -0.1) is 0 Å². The molecule has 2 aliphatic heterocycles. The molecule has 0 bridgehead atoms. The molecule has 0 unspecified atom stereocenters. The van der Waals surface area contributed by atoms with Crippen LogP contribution in [0.25, 0.3) is 0 Å². The maximum atomic E-state index is 13.1. The molecule has 2 aliphatic rings. The first-order chi connectivity index (χ1) is 14.5. The van der Waals surface area contributed by atoms with Gasteiger partial charge in [0.25, 0.3) is 0 Å². The van der Waals surface area contributed by atoms with Gasteiger partial charge in [-0.2, -0.15) is 0 Å². The minimum absolute atomic E-state index is 0.291. The number of ether oxygens (including phenoxy) is 1. The number of nitrogens with one attached hydrogen (secondary N) is 2. The fourth-order valence-electron chi connectivity index (χ4n) is 5.07. The van der Waals surface area contributed by atoms with Gasteiger partial charge in [-0.3, -0.25) is 4.79 Å². The standard InChI is InChI=1S/C25H35N3O2/c1-19-7-4-5-8-22(19)16-26-10-12-27(13-11-26)18-25(29)24-15-20(2)28(21(24)3)17-23-9-6-14-30-23/h4-5,7-8,15,23H,6,9-14,16-18H2,1-3H3/p+2/t23-/m1/s1. The molecule has 5 heteroatoms. The Hall–Kier alpha value is -1.95. The third kappa shape index (κ3) is 4.85. The molecule has 1 atom stereocenters.